The molecule has 0 fully saturated rings. The third-order valence-corrected chi connectivity index (χ3v) is 6.82. The standard InChI is InChI=1S/C32H35F2N/c1-2-3-4-5-6-7-26-12-20-30(35-23-26)19-11-25-13-21-31-28(22-25)16-15-27(32(31)34)14-8-24-9-17-29(33)18-10-24/h9-10,12-13,15-18,20-23H,2-8,11,14,19H2,1H3. The van der Waals surface area contributed by atoms with Crippen molar-refractivity contribution in [2.24, 2.45) is 0 Å². The molecule has 0 aliphatic carbocycles. The summed E-state index contributed by atoms with van der Waals surface area (Å²) in [5.41, 5.74) is 5.32. The molecule has 0 aliphatic heterocycles. The summed E-state index contributed by atoms with van der Waals surface area (Å²) in [7, 11) is 0. The molecule has 0 N–H and O–H groups in total. The van der Waals surface area contributed by atoms with Crippen molar-refractivity contribution in [1.29, 1.82) is 0 Å². The summed E-state index contributed by atoms with van der Waals surface area (Å²) in [5, 5.41) is 1.59. The maximum absolute atomic E-state index is 15.1. The average molecular weight is 472 g/mol. The highest BCUT2D eigenvalue weighted by Gasteiger charge is 2.09. The van der Waals surface area contributed by atoms with Crippen LogP contribution >= 0.6 is 0 Å². The Morgan fingerprint density at radius 1 is 0.629 bits per heavy atom. The predicted molar refractivity (Wildman–Crippen MR) is 142 cm³/mol. The minimum atomic E-state index is -0.248. The average Bonchev–Trinajstić information content (AvgIpc) is 2.88. The van der Waals surface area contributed by atoms with Gasteiger partial charge < -0.3 is 0 Å². The molecule has 0 saturated heterocycles. The number of pyridine rings is 1. The number of aromatic nitrogens is 1. The summed E-state index contributed by atoms with van der Waals surface area (Å²) in [6.45, 7) is 2.24. The Balaban J connectivity index is 1.32. The van der Waals surface area contributed by atoms with Crippen LogP contribution in [-0.4, -0.2) is 4.98 Å². The zero-order valence-corrected chi connectivity index (χ0v) is 20.7. The SMILES string of the molecule is CCCCCCCc1ccc(CCc2ccc3c(F)c(CCc4ccc(F)cc4)ccc3c2)nc1. The van der Waals surface area contributed by atoms with Gasteiger partial charge in [0.15, 0.2) is 0 Å². The van der Waals surface area contributed by atoms with Crippen molar-refractivity contribution in [3.8, 4) is 0 Å². The first-order valence-electron chi connectivity index (χ1n) is 13.0. The molecular formula is C32H35F2N. The van der Waals surface area contributed by atoms with Gasteiger partial charge in [-0.25, -0.2) is 8.78 Å². The highest BCUT2D eigenvalue weighted by Crippen LogP contribution is 2.24. The van der Waals surface area contributed by atoms with Gasteiger partial charge in [0.2, 0.25) is 0 Å². The van der Waals surface area contributed by atoms with Crippen molar-refractivity contribution >= 4 is 10.8 Å². The second-order valence-electron chi connectivity index (χ2n) is 9.54. The lowest BCUT2D eigenvalue weighted by Gasteiger charge is -2.09. The Labute approximate surface area is 208 Å². The van der Waals surface area contributed by atoms with Crippen LogP contribution in [-0.2, 0) is 32.1 Å². The number of benzene rings is 3. The van der Waals surface area contributed by atoms with E-state index in [0.29, 0.717) is 23.8 Å². The Morgan fingerprint density at radius 3 is 2.14 bits per heavy atom. The van der Waals surface area contributed by atoms with E-state index in [1.807, 2.05) is 30.5 Å². The van der Waals surface area contributed by atoms with E-state index in [-0.39, 0.29) is 11.6 Å². The van der Waals surface area contributed by atoms with Crippen LogP contribution < -0.4 is 0 Å². The monoisotopic (exact) mass is 471 g/mol. The van der Waals surface area contributed by atoms with Crippen molar-refractivity contribution in [2.45, 2.75) is 71.1 Å². The third kappa shape index (κ3) is 7.21. The first kappa shape index (κ1) is 25.0. The van der Waals surface area contributed by atoms with Gasteiger partial charge in [-0.1, -0.05) is 81.1 Å². The van der Waals surface area contributed by atoms with E-state index >= 15 is 4.39 Å². The van der Waals surface area contributed by atoms with Gasteiger partial charge in [-0.3, -0.25) is 4.98 Å². The number of halogens is 2. The highest BCUT2D eigenvalue weighted by atomic mass is 19.1. The lowest BCUT2D eigenvalue weighted by atomic mass is 9.98. The molecule has 4 aromatic rings. The van der Waals surface area contributed by atoms with Gasteiger partial charge in [-0.2, -0.15) is 0 Å². The lowest BCUT2D eigenvalue weighted by Crippen LogP contribution is -1.98. The van der Waals surface area contributed by atoms with Crippen LogP contribution in [0.15, 0.2) is 72.9 Å². The number of hydrogen-bond donors (Lipinski definition) is 0. The Bertz CT molecular complexity index is 1210. The normalized spacial score (nSPS) is 11.3. The molecule has 0 aliphatic rings. The van der Waals surface area contributed by atoms with Crippen LogP contribution in [0.2, 0.25) is 0 Å². The molecule has 0 bridgehead atoms. The van der Waals surface area contributed by atoms with E-state index in [9.17, 15) is 4.39 Å². The number of unbranched alkanes of at least 4 members (excludes halogenated alkanes) is 4. The minimum Gasteiger partial charge on any atom is -0.261 e. The van der Waals surface area contributed by atoms with E-state index < -0.39 is 0 Å². The quantitative estimate of drug-likeness (QED) is 0.189. The van der Waals surface area contributed by atoms with Gasteiger partial charge in [-0.15, -0.1) is 0 Å². The zero-order chi connectivity index (χ0) is 24.5. The van der Waals surface area contributed by atoms with E-state index in [2.05, 4.69) is 30.1 Å². The van der Waals surface area contributed by atoms with Gasteiger partial charge in [0.1, 0.15) is 11.6 Å². The van der Waals surface area contributed by atoms with Crippen LogP contribution in [0.5, 0.6) is 0 Å². The summed E-state index contributed by atoms with van der Waals surface area (Å²) >= 11 is 0. The van der Waals surface area contributed by atoms with Crippen LogP contribution in [0.25, 0.3) is 10.8 Å². The molecule has 0 spiro atoms. The molecule has 0 unspecified atom stereocenters. The smallest absolute Gasteiger partial charge is 0.134 e. The Kier molecular flexibility index (Phi) is 9.00. The molecule has 1 heterocycles. The van der Waals surface area contributed by atoms with Crippen molar-refractivity contribution in [3.63, 3.8) is 0 Å². The topological polar surface area (TPSA) is 12.9 Å². The first-order chi connectivity index (χ1) is 17.1. The van der Waals surface area contributed by atoms with Gasteiger partial charge in [-0.05, 0) is 84.4 Å². The second kappa shape index (κ2) is 12.6. The number of nitrogens with zero attached hydrogens (tertiary/aromatic N) is 1. The number of fused-ring (bicyclic) bond motifs is 1. The second-order valence-corrected chi connectivity index (χ2v) is 9.54. The van der Waals surface area contributed by atoms with E-state index in [0.717, 1.165) is 35.9 Å². The van der Waals surface area contributed by atoms with E-state index in [1.54, 1.807) is 12.1 Å². The fourth-order valence-corrected chi connectivity index (χ4v) is 4.62. The van der Waals surface area contributed by atoms with Gasteiger partial charge in [0, 0.05) is 17.3 Å². The summed E-state index contributed by atoms with van der Waals surface area (Å²) in [6.07, 6.45) is 12.7. The van der Waals surface area contributed by atoms with Crippen LogP contribution in [0.4, 0.5) is 8.78 Å². The zero-order valence-electron chi connectivity index (χ0n) is 20.7. The summed E-state index contributed by atoms with van der Waals surface area (Å²) in [6, 6.07) is 20.7. The molecule has 35 heavy (non-hydrogen) atoms. The molecule has 0 amide bonds. The van der Waals surface area contributed by atoms with Gasteiger partial charge >= 0.3 is 0 Å². The molecule has 182 valence electrons. The predicted octanol–water partition coefficient (Wildman–Crippen LogP) is 8.60. The number of rotatable bonds is 12. The van der Waals surface area contributed by atoms with Crippen molar-refractivity contribution in [1.82, 2.24) is 4.98 Å². The van der Waals surface area contributed by atoms with E-state index in [4.69, 9.17) is 0 Å². The van der Waals surface area contributed by atoms with Crippen molar-refractivity contribution in [2.75, 3.05) is 0 Å². The van der Waals surface area contributed by atoms with E-state index in [1.165, 1.54) is 55.4 Å². The summed E-state index contributed by atoms with van der Waals surface area (Å²) in [5.74, 6) is -0.398. The molecule has 0 saturated carbocycles. The molecule has 0 atom stereocenters. The Morgan fingerprint density at radius 2 is 1.37 bits per heavy atom. The maximum Gasteiger partial charge on any atom is 0.134 e. The van der Waals surface area contributed by atoms with Gasteiger partial charge in [0.25, 0.3) is 0 Å². The third-order valence-electron chi connectivity index (χ3n) is 6.82. The van der Waals surface area contributed by atoms with Crippen LogP contribution in [0.3, 0.4) is 0 Å². The molecule has 1 nitrogen and oxygen atoms in total. The van der Waals surface area contributed by atoms with Crippen molar-refractivity contribution < 1.29 is 8.78 Å². The number of aryl methyl sites for hydroxylation is 5. The van der Waals surface area contributed by atoms with Crippen LogP contribution in [0, 0.1) is 11.6 Å². The lowest BCUT2D eigenvalue weighted by molar-refractivity contribution is 0.619. The minimum absolute atomic E-state index is 0.150. The molecule has 4 rings (SSSR count). The fraction of sp³-hybridized carbons (Fsp3) is 0.344. The van der Waals surface area contributed by atoms with Crippen molar-refractivity contribution in [3.05, 3.63) is 113 Å². The first-order valence-corrected chi connectivity index (χ1v) is 13.0. The molecule has 3 heteroatoms. The largest absolute Gasteiger partial charge is 0.261 e. The van der Waals surface area contributed by atoms with Crippen LogP contribution in [0.1, 0.15) is 67.0 Å². The maximum atomic E-state index is 15.1. The summed E-state index contributed by atoms with van der Waals surface area (Å²) < 4.78 is 28.2. The van der Waals surface area contributed by atoms with Gasteiger partial charge in [0.05, 0.1) is 0 Å². The Hall–Kier alpha value is -3.07. The molecule has 3 aromatic carbocycles. The number of hydrogen-bond acceptors (Lipinski definition) is 1. The summed E-state index contributed by atoms with van der Waals surface area (Å²) in [4.78, 5) is 4.67. The molecule has 0 radical (unpaired) electrons. The highest BCUT2D eigenvalue weighted by molar-refractivity contribution is 5.84. The molecular weight excluding hydrogens is 436 g/mol. The molecule has 1 aromatic heterocycles. The fourth-order valence-electron chi connectivity index (χ4n) is 4.62.